The molecule has 142 valence electrons. The second kappa shape index (κ2) is 8.47. The maximum absolute atomic E-state index is 12.8. The first kappa shape index (κ1) is 18.6. The van der Waals surface area contributed by atoms with Gasteiger partial charge in [-0.1, -0.05) is 6.92 Å². The van der Waals surface area contributed by atoms with Crippen LogP contribution in [0, 0.1) is 5.92 Å². The molecular weight excluding hydrogens is 332 g/mol. The van der Waals surface area contributed by atoms with E-state index in [1.54, 1.807) is 19.3 Å². The van der Waals surface area contributed by atoms with Crippen molar-refractivity contribution in [2.75, 3.05) is 26.2 Å². The van der Waals surface area contributed by atoms with E-state index in [1.165, 1.54) is 0 Å². The molecule has 0 aromatic carbocycles. The van der Waals surface area contributed by atoms with Crippen LogP contribution < -0.4 is 4.74 Å². The summed E-state index contributed by atoms with van der Waals surface area (Å²) >= 11 is 0. The van der Waals surface area contributed by atoms with Crippen molar-refractivity contribution in [3.05, 3.63) is 18.0 Å². The van der Waals surface area contributed by atoms with Gasteiger partial charge in [0, 0.05) is 44.9 Å². The van der Waals surface area contributed by atoms with Crippen molar-refractivity contribution in [1.82, 2.24) is 19.8 Å². The molecule has 3 rings (SSSR count). The summed E-state index contributed by atoms with van der Waals surface area (Å²) in [7, 11) is 0. The molecule has 7 heteroatoms. The third kappa shape index (κ3) is 4.51. The van der Waals surface area contributed by atoms with Gasteiger partial charge in [-0.05, 0) is 37.7 Å². The van der Waals surface area contributed by atoms with Gasteiger partial charge in [-0.15, -0.1) is 0 Å². The number of aromatic nitrogens is 2. The number of rotatable bonds is 4. The first-order valence-corrected chi connectivity index (χ1v) is 9.58. The number of ether oxygens (including phenoxy) is 1. The van der Waals surface area contributed by atoms with E-state index in [0.717, 1.165) is 44.2 Å². The van der Waals surface area contributed by atoms with Gasteiger partial charge in [-0.25, -0.2) is 9.97 Å². The average Bonchev–Trinajstić information content (AvgIpc) is 2.68. The van der Waals surface area contributed by atoms with Gasteiger partial charge in [0.1, 0.15) is 6.10 Å². The number of likely N-dealkylation sites (tertiary alicyclic amines) is 2. The zero-order chi connectivity index (χ0) is 18.5. The molecule has 0 saturated carbocycles. The van der Waals surface area contributed by atoms with Crippen LogP contribution in [0.2, 0.25) is 0 Å². The summed E-state index contributed by atoms with van der Waals surface area (Å²) in [5.74, 6) is 0.310. The normalized spacial score (nSPS) is 21.5. The fraction of sp³-hybridized carbons (Fsp3) is 0.684. The smallest absolute Gasteiger partial charge is 0.316 e. The minimum Gasteiger partial charge on any atom is -0.458 e. The van der Waals surface area contributed by atoms with Crippen LogP contribution in [0.15, 0.2) is 12.4 Å². The van der Waals surface area contributed by atoms with Crippen LogP contribution in [0.5, 0.6) is 6.01 Å². The molecule has 7 nitrogen and oxygen atoms in total. The molecule has 1 unspecified atom stereocenters. The van der Waals surface area contributed by atoms with E-state index in [0.29, 0.717) is 25.6 Å². The Kier molecular flexibility index (Phi) is 6.06. The van der Waals surface area contributed by atoms with Gasteiger partial charge in [-0.3, -0.25) is 9.59 Å². The lowest BCUT2D eigenvalue weighted by atomic mass is 9.94. The Morgan fingerprint density at radius 1 is 1.12 bits per heavy atom. The highest BCUT2D eigenvalue weighted by atomic mass is 16.5. The standard InChI is InChI=1S/C19H28N4O3/c1-3-15-11-20-19(21-12-15)26-17-5-4-8-23(13-17)18(25)16-6-9-22(10-7-16)14(2)24/h11-12,16-17H,3-10,13H2,1-2H3. The molecule has 0 bridgehead atoms. The van der Waals surface area contributed by atoms with Gasteiger partial charge in [0.2, 0.25) is 11.8 Å². The number of nitrogens with zero attached hydrogens (tertiary/aromatic N) is 4. The van der Waals surface area contributed by atoms with E-state index in [9.17, 15) is 9.59 Å². The van der Waals surface area contributed by atoms with Gasteiger partial charge >= 0.3 is 6.01 Å². The maximum Gasteiger partial charge on any atom is 0.316 e. The van der Waals surface area contributed by atoms with Crippen molar-refractivity contribution in [1.29, 1.82) is 0 Å². The molecule has 1 aromatic heterocycles. The molecule has 0 N–H and O–H groups in total. The summed E-state index contributed by atoms with van der Waals surface area (Å²) < 4.78 is 5.90. The molecule has 0 spiro atoms. The predicted molar refractivity (Wildman–Crippen MR) is 96.6 cm³/mol. The fourth-order valence-electron chi connectivity index (χ4n) is 3.67. The number of carbonyl (C=O) groups excluding carboxylic acids is 2. The van der Waals surface area contributed by atoms with Crippen molar-refractivity contribution in [3.8, 4) is 6.01 Å². The Balaban J connectivity index is 1.52. The lowest BCUT2D eigenvalue weighted by Gasteiger charge is -2.37. The zero-order valence-electron chi connectivity index (χ0n) is 15.7. The first-order valence-electron chi connectivity index (χ1n) is 9.58. The molecule has 1 aromatic rings. The minimum atomic E-state index is -0.0579. The molecule has 2 aliphatic rings. The van der Waals surface area contributed by atoms with Gasteiger partial charge in [0.15, 0.2) is 0 Å². The van der Waals surface area contributed by atoms with Crippen LogP contribution in [0.25, 0.3) is 0 Å². The predicted octanol–water partition coefficient (Wildman–Crippen LogP) is 1.67. The lowest BCUT2D eigenvalue weighted by molar-refractivity contribution is -0.142. The first-order chi connectivity index (χ1) is 12.6. The largest absolute Gasteiger partial charge is 0.458 e. The molecule has 3 heterocycles. The van der Waals surface area contributed by atoms with Crippen LogP contribution >= 0.6 is 0 Å². The zero-order valence-corrected chi connectivity index (χ0v) is 15.7. The molecule has 0 aliphatic carbocycles. The van der Waals surface area contributed by atoms with E-state index >= 15 is 0 Å². The van der Waals surface area contributed by atoms with Gasteiger partial charge in [0.25, 0.3) is 0 Å². The van der Waals surface area contributed by atoms with Gasteiger partial charge in [-0.2, -0.15) is 0 Å². The summed E-state index contributed by atoms with van der Waals surface area (Å²) in [5.41, 5.74) is 1.08. The molecule has 1 atom stereocenters. The number of carbonyl (C=O) groups is 2. The number of aryl methyl sites for hydroxylation is 1. The second-order valence-corrected chi connectivity index (χ2v) is 7.17. The number of hydrogen-bond acceptors (Lipinski definition) is 5. The Hall–Kier alpha value is -2.18. The molecule has 2 saturated heterocycles. The molecule has 2 fully saturated rings. The van der Waals surface area contributed by atoms with Gasteiger partial charge < -0.3 is 14.5 Å². The topological polar surface area (TPSA) is 75.6 Å². The highest BCUT2D eigenvalue weighted by Gasteiger charge is 2.32. The quantitative estimate of drug-likeness (QED) is 0.816. The SMILES string of the molecule is CCc1cnc(OC2CCCN(C(=O)C3CCN(C(C)=O)CC3)C2)nc1. The number of amides is 2. The van der Waals surface area contributed by atoms with Crippen molar-refractivity contribution >= 4 is 11.8 Å². The van der Waals surface area contributed by atoms with E-state index in [1.807, 2.05) is 9.80 Å². The van der Waals surface area contributed by atoms with Crippen LogP contribution in [-0.2, 0) is 16.0 Å². The number of piperidine rings is 2. The average molecular weight is 360 g/mol. The van der Waals surface area contributed by atoms with Crippen molar-refractivity contribution < 1.29 is 14.3 Å². The Labute approximate surface area is 154 Å². The Morgan fingerprint density at radius 3 is 2.42 bits per heavy atom. The maximum atomic E-state index is 12.8. The molecule has 0 radical (unpaired) electrons. The summed E-state index contributed by atoms with van der Waals surface area (Å²) in [6.07, 6.45) is 7.76. The summed E-state index contributed by atoms with van der Waals surface area (Å²) in [6.45, 7) is 6.37. The van der Waals surface area contributed by atoms with Crippen LogP contribution in [0.3, 0.4) is 0 Å². The second-order valence-electron chi connectivity index (χ2n) is 7.17. The summed E-state index contributed by atoms with van der Waals surface area (Å²) in [5, 5.41) is 0. The van der Waals surface area contributed by atoms with Crippen LogP contribution in [-0.4, -0.2) is 63.9 Å². The highest BCUT2D eigenvalue weighted by Crippen LogP contribution is 2.23. The van der Waals surface area contributed by atoms with Crippen LogP contribution in [0.4, 0.5) is 0 Å². The van der Waals surface area contributed by atoms with E-state index < -0.39 is 0 Å². The minimum absolute atomic E-state index is 0.0180. The fourth-order valence-corrected chi connectivity index (χ4v) is 3.67. The van der Waals surface area contributed by atoms with Crippen molar-refractivity contribution in [2.45, 2.75) is 52.1 Å². The lowest BCUT2D eigenvalue weighted by Crippen LogP contribution is -2.49. The highest BCUT2D eigenvalue weighted by molar-refractivity contribution is 5.80. The summed E-state index contributed by atoms with van der Waals surface area (Å²) in [6, 6.07) is 0.385. The van der Waals surface area contributed by atoms with Crippen molar-refractivity contribution in [3.63, 3.8) is 0 Å². The monoisotopic (exact) mass is 360 g/mol. The van der Waals surface area contributed by atoms with Crippen LogP contribution in [0.1, 0.15) is 45.1 Å². The van der Waals surface area contributed by atoms with E-state index in [2.05, 4.69) is 16.9 Å². The van der Waals surface area contributed by atoms with Crippen molar-refractivity contribution in [2.24, 2.45) is 5.92 Å². The molecule has 2 amide bonds. The summed E-state index contributed by atoms with van der Waals surface area (Å²) in [4.78, 5) is 36.5. The molecule has 26 heavy (non-hydrogen) atoms. The molecule has 2 aliphatic heterocycles. The third-order valence-corrected chi connectivity index (χ3v) is 5.34. The number of hydrogen-bond donors (Lipinski definition) is 0. The Bertz CT molecular complexity index is 626. The Morgan fingerprint density at radius 2 is 1.81 bits per heavy atom. The molecular formula is C19H28N4O3. The third-order valence-electron chi connectivity index (χ3n) is 5.34. The van der Waals surface area contributed by atoms with Gasteiger partial charge in [0.05, 0.1) is 6.54 Å². The van der Waals surface area contributed by atoms with E-state index in [-0.39, 0.29) is 23.8 Å². The van der Waals surface area contributed by atoms with E-state index in [4.69, 9.17) is 4.74 Å².